The summed E-state index contributed by atoms with van der Waals surface area (Å²) in [5.41, 5.74) is 8.19. The van der Waals surface area contributed by atoms with E-state index >= 15 is 0 Å². The molecule has 0 radical (unpaired) electrons. The number of carbonyl (C=O) groups excluding carboxylic acids is 1. The molecule has 3 heterocycles. The number of amides is 1. The maximum atomic E-state index is 12.9. The van der Waals surface area contributed by atoms with Crippen LogP contribution in [-0.4, -0.2) is 26.4 Å². The maximum absolute atomic E-state index is 12.9. The molecule has 1 N–H and O–H groups in total. The van der Waals surface area contributed by atoms with Crippen LogP contribution in [0.1, 0.15) is 45.4 Å². The molecular formula is C19H19N5O. The van der Waals surface area contributed by atoms with Gasteiger partial charge in [0.05, 0.1) is 29.0 Å². The first-order valence-corrected chi connectivity index (χ1v) is 8.23. The van der Waals surface area contributed by atoms with Crippen LogP contribution < -0.4 is 5.32 Å². The van der Waals surface area contributed by atoms with Crippen LogP contribution in [0, 0.1) is 20.8 Å². The molecule has 1 aliphatic rings. The van der Waals surface area contributed by atoms with E-state index in [1.165, 1.54) is 5.56 Å². The lowest BCUT2D eigenvalue weighted by Gasteiger charge is -2.13. The summed E-state index contributed by atoms with van der Waals surface area (Å²) in [4.78, 5) is 17.3. The van der Waals surface area contributed by atoms with Crippen LogP contribution in [0.3, 0.4) is 0 Å². The first kappa shape index (κ1) is 15.5. The van der Waals surface area contributed by atoms with Gasteiger partial charge in [0, 0.05) is 17.0 Å². The Morgan fingerprint density at radius 3 is 2.76 bits per heavy atom. The van der Waals surface area contributed by atoms with Gasteiger partial charge in [0.15, 0.2) is 0 Å². The second-order valence-electron chi connectivity index (χ2n) is 6.49. The molecule has 0 bridgehead atoms. The molecule has 1 aliphatic heterocycles. The minimum absolute atomic E-state index is 0.141. The molecule has 126 valence electrons. The molecule has 0 atom stereocenters. The van der Waals surface area contributed by atoms with Crippen molar-refractivity contribution in [3.63, 3.8) is 0 Å². The monoisotopic (exact) mass is 333 g/mol. The highest BCUT2D eigenvalue weighted by molar-refractivity contribution is 6.08. The molecule has 0 unspecified atom stereocenters. The summed E-state index contributed by atoms with van der Waals surface area (Å²) in [6.07, 6.45) is 0. The molecule has 0 aliphatic carbocycles. The van der Waals surface area contributed by atoms with Gasteiger partial charge >= 0.3 is 0 Å². The van der Waals surface area contributed by atoms with Crippen molar-refractivity contribution in [3.8, 4) is 0 Å². The van der Waals surface area contributed by atoms with Gasteiger partial charge in [-0.3, -0.25) is 9.79 Å². The Bertz CT molecular complexity index is 1060. The Labute approximate surface area is 145 Å². The average Bonchev–Trinajstić information content (AvgIpc) is 3.12. The van der Waals surface area contributed by atoms with E-state index < -0.39 is 0 Å². The van der Waals surface area contributed by atoms with E-state index in [0.717, 1.165) is 46.0 Å². The molecule has 6 heteroatoms. The summed E-state index contributed by atoms with van der Waals surface area (Å²) >= 11 is 0. The van der Waals surface area contributed by atoms with E-state index in [2.05, 4.69) is 20.6 Å². The van der Waals surface area contributed by atoms with Crippen molar-refractivity contribution in [3.05, 3.63) is 57.9 Å². The molecule has 0 saturated carbocycles. The number of nitrogens with one attached hydrogen (secondary N) is 1. The highest BCUT2D eigenvalue weighted by Crippen LogP contribution is 2.24. The predicted molar refractivity (Wildman–Crippen MR) is 97.5 cm³/mol. The highest BCUT2D eigenvalue weighted by atomic mass is 16.1. The molecule has 25 heavy (non-hydrogen) atoms. The van der Waals surface area contributed by atoms with Crippen molar-refractivity contribution >= 4 is 22.8 Å². The minimum Gasteiger partial charge on any atom is -0.322 e. The van der Waals surface area contributed by atoms with Crippen molar-refractivity contribution in [2.24, 2.45) is 4.99 Å². The van der Waals surface area contributed by atoms with Crippen molar-refractivity contribution in [1.29, 1.82) is 0 Å². The van der Waals surface area contributed by atoms with Gasteiger partial charge in [-0.2, -0.15) is 0 Å². The van der Waals surface area contributed by atoms with Crippen LogP contribution in [0.15, 0.2) is 29.3 Å². The van der Waals surface area contributed by atoms with Crippen LogP contribution in [-0.2, 0) is 6.54 Å². The van der Waals surface area contributed by atoms with E-state index in [0.29, 0.717) is 5.56 Å². The van der Waals surface area contributed by atoms with E-state index in [-0.39, 0.29) is 5.91 Å². The third-order valence-corrected chi connectivity index (χ3v) is 4.78. The fraction of sp³-hybridized carbons (Fsp3) is 0.263. The number of carbonyl (C=O) groups is 1. The van der Waals surface area contributed by atoms with Gasteiger partial charge < -0.3 is 5.32 Å². The maximum Gasteiger partial charge on any atom is 0.257 e. The number of aliphatic imine (C=N–C) groups is 1. The van der Waals surface area contributed by atoms with Gasteiger partial charge in [-0.15, -0.1) is 5.10 Å². The lowest BCUT2D eigenvalue weighted by atomic mass is 10.0. The Kier molecular flexibility index (Phi) is 3.42. The predicted octanol–water partition coefficient (Wildman–Crippen LogP) is 3.23. The molecule has 1 amide bonds. The summed E-state index contributed by atoms with van der Waals surface area (Å²) in [5.74, 6) is -0.141. The number of anilines is 1. The summed E-state index contributed by atoms with van der Waals surface area (Å²) in [7, 11) is 0. The zero-order valence-electron chi connectivity index (χ0n) is 14.7. The van der Waals surface area contributed by atoms with Crippen LogP contribution in [0.4, 0.5) is 5.69 Å². The number of benzene rings is 1. The van der Waals surface area contributed by atoms with Gasteiger partial charge in [-0.1, -0.05) is 11.3 Å². The SMILES string of the molecule is CC1=NCc2ccc(NC(=O)c3c(C)cc4c(C)nnn4c3C)cc21. The van der Waals surface area contributed by atoms with Crippen LogP contribution in [0.2, 0.25) is 0 Å². The third-order valence-electron chi connectivity index (χ3n) is 4.78. The van der Waals surface area contributed by atoms with Gasteiger partial charge in [0.1, 0.15) is 0 Å². The van der Waals surface area contributed by atoms with E-state index in [4.69, 9.17) is 0 Å². The smallest absolute Gasteiger partial charge is 0.257 e. The van der Waals surface area contributed by atoms with Crippen molar-refractivity contribution < 1.29 is 4.79 Å². The first-order chi connectivity index (χ1) is 12.0. The second-order valence-corrected chi connectivity index (χ2v) is 6.49. The molecule has 0 fully saturated rings. The van der Waals surface area contributed by atoms with E-state index in [9.17, 15) is 4.79 Å². The fourth-order valence-corrected chi connectivity index (χ4v) is 3.40. The van der Waals surface area contributed by atoms with Crippen molar-refractivity contribution in [2.75, 3.05) is 5.32 Å². The van der Waals surface area contributed by atoms with Gasteiger partial charge in [-0.25, -0.2) is 4.52 Å². The summed E-state index contributed by atoms with van der Waals surface area (Å²) in [6, 6.07) is 7.89. The quantitative estimate of drug-likeness (QED) is 0.782. The molecule has 0 spiro atoms. The Morgan fingerprint density at radius 1 is 1.16 bits per heavy atom. The number of rotatable bonds is 2. The summed E-state index contributed by atoms with van der Waals surface area (Å²) < 4.78 is 1.72. The fourth-order valence-electron chi connectivity index (χ4n) is 3.40. The van der Waals surface area contributed by atoms with Crippen LogP contribution in [0.5, 0.6) is 0 Å². The normalized spacial score (nSPS) is 13.0. The molecule has 6 nitrogen and oxygen atoms in total. The second kappa shape index (κ2) is 5.51. The Morgan fingerprint density at radius 2 is 1.96 bits per heavy atom. The largest absolute Gasteiger partial charge is 0.322 e. The minimum atomic E-state index is -0.141. The number of hydrogen-bond donors (Lipinski definition) is 1. The number of fused-ring (bicyclic) bond motifs is 2. The van der Waals surface area contributed by atoms with Gasteiger partial charge in [0.2, 0.25) is 0 Å². The van der Waals surface area contributed by atoms with Gasteiger partial charge in [0.25, 0.3) is 5.91 Å². The number of pyridine rings is 1. The summed E-state index contributed by atoms with van der Waals surface area (Å²) in [5, 5.41) is 11.2. The summed E-state index contributed by atoms with van der Waals surface area (Å²) in [6.45, 7) is 8.45. The number of nitrogens with zero attached hydrogens (tertiary/aromatic N) is 4. The molecule has 2 aromatic heterocycles. The molecule has 1 aromatic carbocycles. The zero-order valence-corrected chi connectivity index (χ0v) is 14.7. The van der Waals surface area contributed by atoms with Crippen molar-refractivity contribution in [1.82, 2.24) is 14.8 Å². The molecule has 4 rings (SSSR count). The number of hydrogen-bond acceptors (Lipinski definition) is 4. The van der Waals surface area contributed by atoms with E-state index in [1.807, 2.05) is 52.0 Å². The van der Waals surface area contributed by atoms with Crippen LogP contribution >= 0.6 is 0 Å². The molecular weight excluding hydrogens is 314 g/mol. The first-order valence-electron chi connectivity index (χ1n) is 8.23. The van der Waals surface area contributed by atoms with Gasteiger partial charge in [-0.05, 0) is 57.0 Å². The number of aryl methyl sites for hydroxylation is 3. The Balaban J connectivity index is 1.71. The lowest BCUT2D eigenvalue weighted by molar-refractivity contribution is 0.102. The molecule has 3 aromatic rings. The van der Waals surface area contributed by atoms with E-state index in [1.54, 1.807) is 4.52 Å². The van der Waals surface area contributed by atoms with Crippen LogP contribution in [0.25, 0.3) is 5.52 Å². The standard InChI is InChI=1S/C19H19N5O/c1-10-7-17-12(3)22-23-24(17)13(4)18(10)19(25)21-15-6-5-14-9-20-11(2)16(14)8-15/h5-8H,9H2,1-4H3,(H,21,25). The lowest BCUT2D eigenvalue weighted by Crippen LogP contribution is -2.17. The third kappa shape index (κ3) is 2.41. The molecule has 0 saturated heterocycles. The van der Waals surface area contributed by atoms with Crippen molar-refractivity contribution in [2.45, 2.75) is 34.2 Å². The number of aromatic nitrogens is 3. The zero-order chi connectivity index (χ0) is 17.7. The highest BCUT2D eigenvalue weighted by Gasteiger charge is 2.19. The Hall–Kier alpha value is -3.02. The average molecular weight is 333 g/mol. The topological polar surface area (TPSA) is 71.7 Å².